The molecule has 2 aromatic carbocycles. The number of benzene rings is 2. The van der Waals surface area contributed by atoms with E-state index in [1.165, 1.54) is 49.9 Å². The zero-order valence-corrected chi connectivity index (χ0v) is 17.1. The van der Waals surface area contributed by atoms with Gasteiger partial charge in [0.05, 0.1) is 6.10 Å². The molecule has 0 spiro atoms. The van der Waals surface area contributed by atoms with Crippen molar-refractivity contribution in [2.45, 2.75) is 57.5 Å². The van der Waals surface area contributed by atoms with Gasteiger partial charge in [0, 0.05) is 13.2 Å². The number of rotatable bonds is 11. The lowest BCUT2D eigenvalue weighted by Gasteiger charge is -2.26. The zero-order chi connectivity index (χ0) is 19.4. The number of nitrogens with zero attached hydrogens (tertiary/aromatic N) is 1. The SMILES string of the molecule is Oc1ccc(C(CCCCc2ccccc2)OCCCN2CCCCC2)cc1. The second kappa shape index (κ2) is 11.9. The van der Waals surface area contributed by atoms with E-state index in [0.29, 0.717) is 5.75 Å². The third kappa shape index (κ3) is 7.29. The molecule has 0 aromatic heterocycles. The smallest absolute Gasteiger partial charge is 0.115 e. The highest BCUT2D eigenvalue weighted by Crippen LogP contribution is 2.26. The molecule has 3 rings (SSSR count). The fraction of sp³-hybridized carbons (Fsp3) is 0.520. The van der Waals surface area contributed by atoms with Crippen LogP contribution in [0.1, 0.15) is 62.2 Å². The Hall–Kier alpha value is -1.84. The summed E-state index contributed by atoms with van der Waals surface area (Å²) in [5.41, 5.74) is 2.58. The first-order valence-corrected chi connectivity index (χ1v) is 11.0. The van der Waals surface area contributed by atoms with E-state index in [2.05, 4.69) is 35.2 Å². The molecule has 2 aromatic rings. The van der Waals surface area contributed by atoms with E-state index in [1.54, 1.807) is 12.1 Å². The van der Waals surface area contributed by atoms with Crippen LogP contribution < -0.4 is 0 Å². The van der Waals surface area contributed by atoms with Crippen LogP contribution in [0.3, 0.4) is 0 Å². The van der Waals surface area contributed by atoms with Crippen molar-refractivity contribution in [3.63, 3.8) is 0 Å². The summed E-state index contributed by atoms with van der Waals surface area (Å²) in [6.45, 7) is 4.46. The maximum absolute atomic E-state index is 9.59. The molecule has 0 amide bonds. The Labute approximate surface area is 170 Å². The molecule has 0 radical (unpaired) electrons. The fourth-order valence-electron chi connectivity index (χ4n) is 4.04. The molecule has 152 valence electrons. The molecular weight excluding hydrogens is 346 g/mol. The van der Waals surface area contributed by atoms with Crippen LogP contribution in [-0.4, -0.2) is 36.2 Å². The van der Waals surface area contributed by atoms with Gasteiger partial charge < -0.3 is 14.7 Å². The summed E-state index contributed by atoms with van der Waals surface area (Å²) in [5, 5.41) is 9.59. The maximum Gasteiger partial charge on any atom is 0.115 e. The van der Waals surface area contributed by atoms with Gasteiger partial charge in [0.25, 0.3) is 0 Å². The van der Waals surface area contributed by atoms with E-state index in [0.717, 1.165) is 38.8 Å². The third-order valence-electron chi connectivity index (χ3n) is 5.68. The van der Waals surface area contributed by atoms with Gasteiger partial charge in [0.15, 0.2) is 0 Å². The van der Waals surface area contributed by atoms with Crippen molar-refractivity contribution in [3.8, 4) is 5.75 Å². The number of aryl methyl sites for hydroxylation is 1. The molecule has 0 aliphatic carbocycles. The summed E-state index contributed by atoms with van der Waals surface area (Å²) in [6, 6.07) is 18.2. The Morgan fingerprint density at radius 1 is 0.857 bits per heavy atom. The number of hydrogen-bond donors (Lipinski definition) is 1. The molecule has 28 heavy (non-hydrogen) atoms. The largest absolute Gasteiger partial charge is 0.508 e. The van der Waals surface area contributed by atoms with E-state index in [1.807, 2.05) is 12.1 Å². The van der Waals surface area contributed by atoms with Crippen LogP contribution >= 0.6 is 0 Å². The molecule has 0 bridgehead atoms. The van der Waals surface area contributed by atoms with Gasteiger partial charge in [-0.1, -0.05) is 55.3 Å². The Morgan fingerprint density at radius 3 is 2.36 bits per heavy atom. The summed E-state index contributed by atoms with van der Waals surface area (Å²) in [7, 11) is 0. The predicted octanol–water partition coefficient (Wildman–Crippen LogP) is 5.74. The van der Waals surface area contributed by atoms with Crippen LogP contribution in [-0.2, 0) is 11.2 Å². The molecule has 1 heterocycles. The number of likely N-dealkylation sites (tertiary alicyclic amines) is 1. The molecule has 1 saturated heterocycles. The van der Waals surface area contributed by atoms with Crippen LogP contribution in [0.15, 0.2) is 54.6 Å². The summed E-state index contributed by atoms with van der Waals surface area (Å²) in [4.78, 5) is 2.57. The average Bonchev–Trinajstić information content (AvgIpc) is 2.75. The topological polar surface area (TPSA) is 32.7 Å². The standard InChI is InChI=1S/C25H35NO2/c27-24-16-14-23(15-17-24)25(13-6-5-12-22-10-3-1-4-11-22)28-21-9-20-26-18-7-2-8-19-26/h1,3-4,10-11,14-17,25,27H,2,5-9,12-13,18-21H2. The summed E-state index contributed by atoms with van der Waals surface area (Å²) < 4.78 is 6.30. The van der Waals surface area contributed by atoms with E-state index < -0.39 is 0 Å². The Balaban J connectivity index is 1.43. The van der Waals surface area contributed by atoms with Crippen LogP contribution in [0.4, 0.5) is 0 Å². The van der Waals surface area contributed by atoms with Crippen LogP contribution in [0.2, 0.25) is 0 Å². The lowest BCUT2D eigenvalue weighted by Crippen LogP contribution is -2.31. The van der Waals surface area contributed by atoms with Crippen molar-refractivity contribution in [2.75, 3.05) is 26.2 Å². The van der Waals surface area contributed by atoms with Crippen LogP contribution in [0, 0.1) is 0 Å². The summed E-state index contributed by atoms with van der Waals surface area (Å²) >= 11 is 0. The molecule has 3 heteroatoms. The lowest BCUT2D eigenvalue weighted by atomic mass is 10.0. The van der Waals surface area contributed by atoms with E-state index in [4.69, 9.17) is 4.74 Å². The van der Waals surface area contributed by atoms with E-state index in [9.17, 15) is 5.11 Å². The maximum atomic E-state index is 9.59. The van der Waals surface area contributed by atoms with Crippen LogP contribution in [0.25, 0.3) is 0 Å². The van der Waals surface area contributed by atoms with Gasteiger partial charge in [0.1, 0.15) is 5.75 Å². The second-order valence-corrected chi connectivity index (χ2v) is 7.94. The quantitative estimate of drug-likeness (QED) is 0.504. The van der Waals surface area contributed by atoms with Gasteiger partial charge in [-0.05, 0) is 74.9 Å². The normalized spacial score (nSPS) is 16.1. The van der Waals surface area contributed by atoms with Crippen molar-refractivity contribution in [2.24, 2.45) is 0 Å². The third-order valence-corrected chi connectivity index (χ3v) is 5.68. The minimum atomic E-state index is 0.123. The molecule has 3 nitrogen and oxygen atoms in total. The van der Waals surface area contributed by atoms with Crippen LogP contribution in [0.5, 0.6) is 5.75 Å². The van der Waals surface area contributed by atoms with Crippen molar-refractivity contribution < 1.29 is 9.84 Å². The molecule has 1 aliphatic heterocycles. The minimum Gasteiger partial charge on any atom is -0.508 e. The highest BCUT2D eigenvalue weighted by molar-refractivity contribution is 5.27. The molecule has 1 atom stereocenters. The summed E-state index contributed by atoms with van der Waals surface area (Å²) in [5.74, 6) is 0.316. The zero-order valence-electron chi connectivity index (χ0n) is 17.1. The van der Waals surface area contributed by atoms with E-state index in [-0.39, 0.29) is 6.10 Å². The number of phenolic OH excluding ortho intramolecular Hbond substituents is 1. The van der Waals surface area contributed by atoms with Gasteiger partial charge in [0.2, 0.25) is 0 Å². The highest BCUT2D eigenvalue weighted by atomic mass is 16.5. The highest BCUT2D eigenvalue weighted by Gasteiger charge is 2.13. The van der Waals surface area contributed by atoms with Crippen molar-refractivity contribution in [1.29, 1.82) is 0 Å². The van der Waals surface area contributed by atoms with E-state index >= 15 is 0 Å². The minimum absolute atomic E-state index is 0.123. The van der Waals surface area contributed by atoms with Crippen molar-refractivity contribution in [3.05, 3.63) is 65.7 Å². The van der Waals surface area contributed by atoms with Gasteiger partial charge in [-0.25, -0.2) is 0 Å². The first kappa shape index (κ1) is 20.9. The van der Waals surface area contributed by atoms with Gasteiger partial charge >= 0.3 is 0 Å². The van der Waals surface area contributed by atoms with Gasteiger partial charge in [-0.3, -0.25) is 0 Å². The molecular formula is C25H35NO2. The molecule has 1 unspecified atom stereocenters. The molecule has 1 aliphatic rings. The number of aromatic hydroxyl groups is 1. The van der Waals surface area contributed by atoms with Gasteiger partial charge in [-0.15, -0.1) is 0 Å². The monoisotopic (exact) mass is 381 g/mol. The number of ether oxygens (including phenoxy) is 1. The lowest BCUT2D eigenvalue weighted by molar-refractivity contribution is 0.0378. The number of piperidine rings is 1. The molecule has 1 fully saturated rings. The Kier molecular flexibility index (Phi) is 8.86. The number of hydrogen-bond acceptors (Lipinski definition) is 3. The molecule has 0 saturated carbocycles. The fourth-order valence-corrected chi connectivity index (χ4v) is 4.04. The average molecular weight is 382 g/mol. The number of unbranched alkanes of at least 4 members (excludes halogenated alkanes) is 1. The molecule has 1 N–H and O–H groups in total. The van der Waals surface area contributed by atoms with Gasteiger partial charge in [-0.2, -0.15) is 0 Å². The Bertz CT molecular complexity index is 650. The first-order valence-electron chi connectivity index (χ1n) is 11.0. The predicted molar refractivity (Wildman–Crippen MR) is 116 cm³/mol. The first-order chi connectivity index (χ1) is 13.8. The second-order valence-electron chi connectivity index (χ2n) is 7.94. The van der Waals surface area contributed by atoms with Crippen molar-refractivity contribution >= 4 is 0 Å². The summed E-state index contributed by atoms with van der Waals surface area (Å²) in [6.07, 6.45) is 9.77. The Morgan fingerprint density at radius 2 is 1.61 bits per heavy atom. The van der Waals surface area contributed by atoms with Crippen molar-refractivity contribution in [1.82, 2.24) is 4.90 Å². The number of phenols is 1.